The van der Waals surface area contributed by atoms with Crippen LogP contribution in [0.3, 0.4) is 0 Å². The highest BCUT2D eigenvalue weighted by Gasteiger charge is 2.45. The van der Waals surface area contributed by atoms with Gasteiger partial charge in [0.15, 0.2) is 0 Å². The minimum atomic E-state index is -1.02. The highest BCUT2D eigenvalue weighted by Crippen LogP contribution is 2.37. The van der Waals surface area contributed by atoms with Gasteiger partial charge in [0.2, 0.25) is 0 Å². The first-order valence-electron chi connectivity index (χ1n) is 6.65. The Kier molecular flexibility index (Phi) is 9.05. The predicted octanol–water partition coefficient (Wildman–Crippen LogP) is 0.604. The average molecular weight is 257 g/mol. The number of nitrogens with one attached hydrogen (secondary N) is 1. The molecule has 0 spiro atoms. The van der Waals surface area contributed by atoms with Gasteiger partial charge in [0.05, 0.1) is 0 Å². The molecule has 1 aliphatic rings. The summed E-state index contributed by atoms with van der Waals surface area (Å²) < 4.78 is 0. The second kappa shape index (κ2) is 9.36. The molecule has 105 valence electrons. The maximum atomic E-state index is 11.0. The van der Waals surface area contributed by atoms with Gasteiger partial charge < -0.3 is 21.2 Å². The lowest BCUT2D eigenvalue weighted by molar-refractivity contribution is -0.144. The van der Waals surface area contributed by atoms with Gasteiger partial charge in [-0.25, -0.2) is 0 Å². The number of hydrogen-bond acceptors (Lipinski definition) is 4. The average Bonchev–Trinajstić information content (AvgIpc) is 2.73. The molecule has 0 aromatic rings. The molecule has 2 atom stereocenters. The fourth-order valence-corrected chi connectivity index (χ4v) is 2.24. The molecule has 1 rings (SSSR count). The van der Waals surface area contributed by atoms with Crippen molar-refractivity contribution in [1.29, 1.82) is 0 Å². The molecule has 0 amide bonds. The van der Waals surface area contributed by atoms with Crippen LogP contribution in [0, 0.1) is 5.92 Å². The number of carboxylic acid groups (broad SMARTS) is 1. The summed E-state index contributed by atoms with van der Waals surface area (Å²) in [5.74, 6) is -0.812. The monoisotopic (exact) mass is 257 g/mol. The van der Waals surface area contributed by atoms with Gasteiger partial charge in [0, 0.05) is 0 Å². The van der Waals surface area contributed by atoms with E-state index in [0.29, 0.717) is 12.7 Å². The van der Waals surface area contributed by atoms with Crippen LogP contribution in [0.15, 0.2) is 0 Å². The van der Waals surface area contributed by atoms with Gasteiger partial charge >= 0.3 is 5.97 Å². The zero-order chi connectivity index (χ0) is 14.0. The second-order valence-corrected chi connectivity index (χ2v) is 4.76. The Balaban J connectivity index is 0.000000631. The van der Waals surface area contributed by atoms with E-state index in [9.17, 15) is 4.79 Å². The maximum Gasteiger partial charge on any atom is 0.323 e. The zero-order valence-electron chi connectivity index (χ0n) is 11.5. The van der Waals surface area contributed by atoms with Crippen LogP contribution in [0.2, 0.25) is 6.32 Å². The first-order valence-corrected chi connectivity index (χ1v) is 6.65. The fourth-order valence-electron chi connectivity index (χ4n) is 2.24. The van der Waals surface area contributed by atoms with Crippen LogP contribution in [0.25, 0.3) is 0 Å². The molecule has 0 aliphatic heterocycles. The van der Waals surface area contributed by atoms with E-state index >= 15 is 0 Å². The molecular formula is C12H26BN2O3. The van der Waals surface area contributed by atoms with Crippen molar-refractivity contribution < 1.29 is 14.9 Å². The van der Waals surface area contributed by atoms with Crippen molar-refractivity contribution in [2.45, 2.75) is 50.9 Å². The first kappa shape index (κ1) is 17.4. The SMILES string of the molecule is CCNC.NC1(C(=O)O)CCC[C@@H]1CCC[B]O. The van der Waals surface area contributed by atoms with Gasteiger partial charge in [-0.2, -0.15) is 0 Å². The molecule has 18 heavy (non-hydrogen) atoms. The summed E-state index contributed by atoms with van der Waals surface area (Å²) in [6, 6.07) is 0. The predicted molar refractivity (Wildman–Crippen MR) is 73.5 cm³/mol. The third-order valence-corrected chi connectivity index (χ3v) is 3.51. The first-order chi connectivity index (χ1) is 8.52. The van der Waals surface area contributed by atoms with Crippen LogP contribution in [-0.4, -0.2) is 42.7 Å². The van der Waals surface area contributed by atoms with Crippen LogP contribution in [0.1, 0.15) is 39.0 Å². The minimum absolute atomic E-state index is 0.0694. The molecule has 1 radical (unpaired) electrons. The van der Waals surface area contributed by atoms with E-state index < -0.39 is 11.5 Å². The largest absolute Gasteiger partial charge is 0.480 e. The Labute approximate surface area is 110 Å². The third-order valence-electron chi connectivity index (χ3n) is 3.51. The van der Waals surface area contributed by atoms with E-state index in [-0.39, 0.29) is 5.92 Å². The Morgan fingerprint density at radius 3 is 2.67 bits per heavy atom. The quantitative estimate of drug-likeness (QED) is 0.413. The van der Waals surface area contributed by atoms with Crippen molar-refractivity contribution in [2.75, 3.05) is 13.6 Å². The fraction of sp³-hybridized carbons (Fsp3) is 0.917. The molecule has 0 heterocycles. The van der Waals surface area contributed by atoms with E-state index in [1.54, 1.807) is 0 Å². The minimum Gasteiger partial charge on any atom is -0.480 e. The van der Waals surface area contributed by atoms with E-state index in [0.717, 1.165) is 39.7 Å². The number of nitrogens with two attached hydrogens (primary N) is 1. The number of rotatable bonds is 6. The lowest BCUT2D eigenvalue weighted by atomic mass is 9.82. The van der Waals surface area contributed by atoms with Gasteiger partial charge in [-0.1, -0.05) is 26.1 Å². The van der Waals surface area contributed by atoms with Gasteiger partial charge in [-0.15, -0.1) is 0 Å². The van der Waals surface area contributed by atoms with Crippen molar-refractivity contribution in [2.24, 2.45) is 11.7 Å². The molecule has 6 heteroatoms. The Bertz CT molecular complexity index is 239. The van der Waals surface area contributed by atoms with E-state index in [1.165, 1.54) is 0 Å². The summed E-state index contributed by atoms with van der Waals surface area (Å²) in [7, 11) is 3.05. The van der Waals surface area contributed by atoms with Crippen LogP contribution in [0.5, 0.6) is 0 Å². The summed E-state index contributed by atoms with van der Waals surface area (Å²) in [4.78, 5) is 11.0. The topological polar surface area (TPSA) is 95.6 Å². The van der Waals surface area contributed by atoms with Crippen molar-refractivity contribution in [3.63, 3.8) is 0 Å². The Morgan fingerprint density at radius 1 is 1.61 bits per heavy atom. The summed E-state index contributed by atoms with van der Waals surface area (Å²) in [6.07, 6.45) is 4.60. The molecule has 0 aromatic carbocycles. The normalized spacial score (nSPS) is 26.3. The van der Waals surface area contributed by atoms with Crippen molar-refractivity contribution in [3.05, 3.63) is 0 Å². The Morgan fingerprint density at radius 2 is 2.22 bits per heavy atom. The number of carbonyl (C=O) groups is 1. The van der Waals surface area contributed by atoms with E-state index in [1.807, 2.05) is 7.05 Å². The van der Waals surface area contributed by atoms with Crippen LogP contribution >= 0.6 is 0 Å². The summed E-state index contributed by atoms with van der Waals surface area (Å²) in [5, 5.41) is 20.5. The molecule has 1 fully saturated rings. The second-order valence-electron chi connectivity index (χ2n) is 4.76. The standard InChI is InChI=1S/C9H17BNO3.C3H9N/c11-9(8(12)13)5-1-3-7(9)4-2-6-10-14;1-3-4-2/h7,14H,1-6,11H2,(H,12,13);4H,3H2,1-2H3/t7-,9?;/m1./s1. The Hall–Kier alpha value is -0.585. The highest BCUT2D eigenvalue weighted by atomic mass is 16.4. The highest BCUT2D eigenvalue weighted by molar-refractivity contribution is 6.25. The molecule has 0 aromatic heterocycles. The van der Waals surface area contributed by atoms with E-state index in [4.69, 9.17) is 15.9 Å². The smallest absolute Gasteiger partial charge is 0.323 e. The van der Waals surface area contributed by atoms with Crippen LogP contribution in [-0.2, 0) is 4.79 Å². The van der Waals surface area contributed by atoms with Crippen LogP contribution < -0.4 is 11.1 Å². The lowest BCUT2D eigenvalue weighted by Crippen LogP contribution is -2.50. The zero-order valence-corrected chi connectivity index (χ0v) is 11.5. The summed E-state index contributed by atoms with van der Waals surface area (Å²) in [5.41, 5.74) is 4.84. The van der Waals surface area contributed by atoms with Crippen LogP contribution in [0.4, 0.5) is 0 Å². The van der Waals surface area contributed by atoms with Gasteiger partial charge in [-0.3, -0.25) is 4.79 Å². The number of aliphatic carboxylic acids is 1. The van der Waals surface area contributed by atoms with Gasteiger partial charge in [-0.05, 0) is 38.8 Å². The summed E-state index contributed by atoms with van der Waals surface area (Å²) in [6.45, 7) is 3.14. The molecule has 0 saturated heterocycles. The van der Waals surface area contributed by atoms with E-state index in [2.05, 4.69) is 12.2 Å². The summed E-state index contributed by atoms with van der Waals surface area (Å²) >= 11 is 0. The molecule has 1 unspecified atom stereocenters. The van der Waals surface area contributed by atoms with Gasteiger partial charge in [0.1, 0.15) is 5.54 Å². The molecule has 5 nitrogen and oxygen atoms in total. The van der Waals surface area contributed by atoms with Gasteiger partial charge in [0.25, 0.3) is 7.48 Å². The molecule has 5 N–H and O–H groups in total. The maximum absolute atomic E-state index is 11.0. The number of hydrogen-bond donors (Lipinski definition) is 4. The molecular weight excluding hydrogens is 231 g/mol. The van der Waals surface area contributed by atoms with Crippen molar-refractivity contribution in [1.82, 2.24) is 5.32 Å². The lowest BCUT2D eigenvalue weighted by Gasteiger charge is -2.26. The molecule has 1 saturated carbocycles. The molecule has 0 bridgehead atoms. The third kappa shape index (κ3) is 5.37. The van der Waals surface area contributed by atoms with Crippen molar-refractivity contribution in [3.8, 4) is 0 Å². The molecule has 1 aliphatic carbocycles. The number of carboxylic acids is 1. The van der Waals surface area contributed by atoms with Crippen molar-refractivity contribution >= 4 is 13.5 Å².